The van der Waals surface area contributed by atoms with Gasteiger partial charge in [-0.25, -0.2) is 0 Å². The van der Waals surface area contributed by atoms with Gasteiger partial charge in [-0.05, 0) is 70.8 Å². The van der Waals surface area contributed by atoms with E-state index in [0.717, 1.165) is 57.7 Å². The minimum Gasteiger partial charge on any atom is -0.493 e. The second kappa shape index (κ2) is 11.3. The number of aryl methyl sites for hydroxylation is 1. The predicted molar refractivity (Wildman–Crippen MR) is 99.0 cm³/mol. The topological polar surface area (TPSA) is 38.8 Å². The maximum absolute atomic E-state index is 11.7. The van der Waals surface area contributed by atoms with E-state index in [0.29, 0.717) is 6.61 Å². The van der Waals surface area contributed by atoms with Crippen LogP contribution in [0.25, 0.3) is 0 Å². The van der Waals surface area contributed by atoms with Crippen molar-refractivity contribution in [3.8, 4) is 5.75 Å². The summed E-state index contributed by atoms with van der Waals surface area (Å²) in [6.07, 6.45) is 4.05. The Morgan fingerprint density at radius 3 is 2.58 bits per heavy atom. The largest absolute Gasteiger partial charge is 0.493 e. The van der Waals surface area contributed by atoms with Crippen LogP contribution in [0.5, 0.6) is 5.75 Å². The molecular weight excluding hydrogens is 326 g/mol. The van der Waals surface area contributed by atoms with E-state index in [4.69, 9.17) is 9.47 Å². The lowest BCUT2D eigenvalue weighted by molar-refractivity contribution is -0.149. The molecule has 0 spiro atoms. The van der Waals surface area contributed by atoms with Gasteiger partial charge in [0.2, 0.25) is 0 Å². The lowest BCUT2D eigenvalue weighted by Gasteiger charge is -2.30. The van der Waals surface area contributed by atoms with Gasteiger partial charge in [-0.3, -0.25) is 4.79 Å². The monoisotopic (exact) mass is 355 g/mol. The molecule has 0 amide bonds. The van der Waals surface area contributed by atoms with Crippen LogP contribution >= 0.6 is 12.4 Å². The molecule has 0 N–H and O–H groups in total. The highest BCUT2D eigenvalue weighted by Gasteiger charge is 2.25. The van der Waals surface area contributed by atoms with Crippen LogP contribution in [-0.2, 0) is 9.53 Å². The Bertz CT molecular complexity index is 487. The molecule has 0 aliphatic carbocycles. The van der Waals surface area contributed by atoms with Gasteiger partial charge >= 0.3 is 5.97 Å². The predicted octanol–water partition coefficient (Wildman–Crippen LogP) is 3.85. The van der Waals surface area contributed by atoms with Crippen molar-refractivity contribution in [1.29, 1.82) is 0 Å². The summed E-state index contributed by atoms with van der Waals surface area (Å²) < 4.78 is 10.9. The molecule has 1 fully saturated rings. The molecule has 1 aromatic carbocycles. The third-order valence-electron chi connectivity index (χ3n) is 4.43. The van der Waals surface area contributed by atoms with Gasteiger partial charge in [0.25, 0.3) is 0 Å². The zero-order valence-corrected chi connectivity index (χ0v) is 15.6. The molecule has 0 atom stereocenters. The smallest absolute Gasteiger partial charge is 0.309 e. The van der Waals surface area contributed by atoms with Gasteiger partial charge in [0.1, 0.15) is 5.75 Å². The average molecular weight is 356 g/mol. The number of esters is 1. The Morgan fingerprint density at radius 2 is 1.92 bits per heavy atom. The van der Waals surface area contributed by atoms with Crippen LogP contribution in [0.2, 0.25) is 0 Å². The first kappa shape index (κ1) is 20.8. The van der Waals surface area contributed by atoms with Gasteiger partial charge < -0.3 is 14.4 Å². The molecule has 136 valence electrons. The summed E-state index contributed by atoms with van der Waals surface area (Å²) >= 11 is 0. The number of ether oxygens (including phenoxy) is 2. The lowest BCUT2D eigenvalue weighted by Crippen LogP contribution is -2.37. The van der Waals surface area contributed by atoms with E-state index in [1.807, 2.05) is 25.1 Å². The molecule has 0 aromatic heterocycles. The van der Waals surface area contributed by atoms with Crippen LogP contribution in [0.1, 0.15) is 38.2 Å². The highest BCUT2D eigenvalue weighted by Crippen LogP contribution is 2.19. The molecule has 2 rings (SSSR count). The first-order valence-corrected chi connectivity index (χ1v) is 8.78. The molecular formula is C19H30ClNO3. The molecule has 4 nitrogen and oxygen atoms in total. The summed E-state index contributed by atoms with van der Waals surface area (Å²) in [5.74, 6) is 1.08. The van der Waals surface area contributed by atoms with Gasteiger partial charge in [0.05, 0.1) is 19.1 Å². The fourth-order valence-corrected chi connectivity index (χ4v) is 2.99. The normalized spacial score (nSPS) is 15.6. The summed E-state index contributed by atoms with van der Waals surface area (Å²) in [4.78, 5) is 14.2. The van der Waals surface area contributed by atoms with Gasteiger partial charge in [0, 0.05) is 0 Å². The highest BCUT2D eigenvalue weighted by atomic mass is 35.5. The van der Waals surface area contributed by atoms with E-state index < -0.39 is 0 Å². The molecule has 1 aromatic rings. The molecule has 24 heavy (non-hydrogen) atoms. The fraction of sp³-hybridized carbons (Fsp3) is 0.632. The number of rotatable bonds is 8. The number of piperidine rings is 1. The third-order valence-corrected chi connectivity index (χ3v) is 4.43. The number of hydrogen-bond acceptors (Lipinski definition) is 4. The molecule has 0 bridgehead atoms. The van der Waals surface area contributed by atoms with Crippen LogP contribution in [0.15, 0.2) is 24.3 Å². The summed E-state index contributed by atoms with van der Waals surface area (Å²) in [6, 6.07) is 8.14. The van der Waals surface area contributed by atoms with Crippen molar-refractivity contribution in [2.45, 2.75) is 39.5 Å². The van der Waals surface area contributed by atoms with Crippen molar-refractivity contribution in [2.24, 2.45) is 5.92 Å². The van der Waals surface area contributed by atoms with Crippen molar-refractivity contribution in [3.05, 3.63) is 29.8 Å². The Labute approximate surface area is 151 Å². The standard InChI is InChI=1S/C19H29NO3.ClH/c1-3-22-19(21)17-10-13-20(14-11-17)12-6-7-15-23-18-9-5-4-8-16(18)2;/h4-5,8-9,17H,3,6-7,10-15H2,1-2H3;1H. The first-order valence-electron chi connectivity index (χ1n) is 8.78. The molecule has 1 aliphatic heterocycles. The summed E-state index contributed by atoms with van der Waals surface area (Å²) in [5, 5.41) is 0. The number of nitrogens with zero attached hydrogens (tertiary/aromatic N) is 1. The summed E-state index contributed by atoms with van der Waals surface area (Å²) in [5.41, 5.74) is 1.19. The van der Waals surface area contributed by atoms with Crippen molar-refractivity contribution < 1.29 is 14.3 Å². The molecule has 0 saturated carbocycles. The van der Waals surface area contributed by atoms with Gasteiger partial charge in [-0.15, -0.1) is 12.4 Å². The molecule has 0 radical (unpaired) electrons. The number of likely N-dealkylation sites (tertiary alicyclic amines) is 1. The number of hydrogen-bond donors (Lipinski definition) is 0. The maximum Gasteiger partial charge on any atom is 0.309 e. The van der Waals surface area contributed by atoms with E-state index in [-0.39, 0.29) is 24.3 Å². The molecule has 1 saturated heterocycles. The van der Waals surface area contributed by atoms with Crippen molar-refractivity contribution in [1.82, 2.24) is 4.90 Å². The van der Waals surface area contributed by atoms with Gasteiger partial charge in [-0.1, -0.05) is 18.2 Å². The number of para-hydroxylation sites is 1. The molecule has 5 heteroatoms. The summed E-state index contributed by atoms with van der Waals surface area (Å²) in [6.45, 7) is 8.29. The van der Waals surface area contributed by atoms with Crippen LogP contribution in [-0.4, -0.2) is 43.7 Å². The number of unbranched alkanes of at least 4 members (excludes halogenated alkanes) is 1. The van der Waals surface area contributed by atoms with E-state index in [1.54, 1.807) is 0 Å². The number of carbonyl (C=O) groups is 1. The lowest BCUT2D eigenvalue weighted by atomic mass is 9.97. The fourth-order valence-electron chi connectivity index (χ4n) is 2.99. The molecule has 1 heterocycles. The second-order valence-electron chi connectivity index (χ2n) is 6.19. The van der Waals surface area contributed by atoms with Crippen LogP contribution < -0.4 is 4.74 Å². The van der Waals surface area contributed by atoms with E-state index >= 15 is 0 Å². The van der Waals surface area contributed by atoms with Crippen LogP contribution in [0.4, 0.5) is 0 Å². The minimum atomic E-state index is -0.0150. The Hall–Kier alpha value is -1.26. The zero-order valence-electron chi connectivity index (χ0n) is 14.8. The Kier molecular flexibility index (Phi) is 9.80. The quantitative estimate of drug-likeness (QED) is 0.524. The van der Waals surface area contributed by atoms with E-state index in [1.165, 1.54) is 5.56 Å². The van der Waals surface area contributed by atoms with E-state index in [9.17, 15) is 4.79 Å². The van der Waals surface area contributed by atoms with Crippen LogP contribution in [0, 0.1) is 12.8 Å². The maximum atomic E-state index is 11.7. The number of halogens is 1. The van der Waals surface area contributed by atoms with Gasteiger partial charge in [-0.2, -0.15) is 0 Å². The highest BCUT2D eigenvalue weighted by molar-refractivity contribution is 5.85. The Balaban J connectivity index is 0.00000288. The van der Waals surface area contributed by atoms with Crippen molar-refractivity contribution in [2.75, 3.05) is 32.8 Å². The zero-order chi connectivity index (χ0) is 16.5. The summed E-state index contributed by atoms with van der Waals surface area (Å²) in [7, 11) is 0. The molecule has 1 aliphatic rings. The SMILES string of the molecule is CCOC(=O)C1CCN(CCCCOc2ccccc2C)CC1.Cl. The van der Waals surface area contributed by atoms with Crippen molar-refractivity contribution in [3.63, 3.8) is 0 Å². The number of carbonyl (C=O) groups excluding carboxylic acids is 1. The third kappa shape index (κ3) is 6.70. The molecule has 0 unspecified atom stereocenters. The van der Waals surface area contributed by atoms with Crippen molar-refractivity contribution >= 4 is 18.4 Å². The number of benzene rings is 1. The van der Waals surface area contributed by atoms with Gasteiger partial charge in [0.15, 0.2) is 0 Å². The average Bonchev–Trinajstić information content (AvgIpc) is 2.57. The minimum absolute atomic E-state index is 0. The second-order valence-corrected chi connectivity index (χ2v) is 6.19. The first-order chi connectivity index (χ1) is 11.2. The Morgan fingerprint density at radius 1 is 1.21 bits per heavy atom. The van der Waals surface area contributed by atoms with E-state index in [2.05, 4.69) is 17.9 Å². The van der Waals surface area contributed by atoms with Crippen LogP contribution in [0.3, 0.4) is 0 Å².